The molecule has 76 valence electrons. The summed E-state index contributed by atoms with van der Waals surface area (Å²) in [5.41, 5.74) is 1.77. The molecule has 1 heterocycles. The molecule has 1 amide bonds. The highest BCUT2D eigenvalue weighted by molar-refractivity contribution is 9.11. The fourth-order valence-electron chi connectivity index (χ4n) is 0.827. The molecular weight excluding hydrogens is 272 g/mol. The highest BCUT2D eigenvalue weighted by Gasteiger charge is 2.18. The van der Waals surface area contributed by atoms with Crippen LogP contribution < -0.4 is 0 Å². The van der Waals surface area contributed by atoms with Gasteiger partial charge in [0, 0.05) is 7.05 Å². The summed E-state index contributed by atoms with van der Waals surface area (Å²) in [6.45, 7) is -0.331. The number of amides is 1. The molecule has 0 spiro atoms. The number of carboxylic acid groups (broad SMARTS) is 1. The first-order chi connectivity index (χ1) is 6.52. The van der Waals surface area contributed by atoms with Gasteiger partial charge in [0.25, 0.3) is 5.91 Å². The normalized spacial score (nSPS) is 9.86. The van der Waals surface area contributed by atoms with Crippen LogP contribution >= 0.6 is 27.3 Å². The topological polar surface area (TPSA) is 70.5 Å². The van der Waals surface area contributed by atoms with Crippen molar-refractivity contribution in [1.29, 1.82) is 0 Å². The van der Waals surface area contributed by atoms with Crippen LogP contribution in [-0.4, -0.2) is 40.5 Å². The molecule has 14 heavy (non-hydrogen) atoms. The maximum atomic E-state index is 11.5. The van der Waals surface area contributed by atoms with Gasteiger partial charge in [-0.05, 0) is 15.9 Å². The maximum Gasteiger partial charge on any atom is 0.323 e. The second-order valence-electron chi connectivity index (χ2n) is 2.53. The minimum atomic E-state index is -1.05. The van der Waals surface area contributed by atoms with E-state index in [1.807, 2.05) is 0 Å². The third kappa shape index (κ3) is 2.52. The van der Waals surface area contributed by atoms with E-state index in [4.69, 9.17) is 5.11 Å². The summed E-state index contributed by atoms with van der Waals surface area (Å²) < 4.78 is 0.611. The molecule has 0 aliphatic rings. The van der Waals surface area contributed by atoms with Crippen LogP contribution in [0.15, 0.2) is 9.30 Å². The van der Waals surface area contributed by atoms with Gasteiger partial charge >= 0.3 is 5.97 Å². The first kappa shape index (κ1) is 11.1. The van der Waals surface area contributed by atoms with Gasteiger partial charge in [0.15, 0.2) is 5.69 Å². The Balaban J connectivity index is 2.76. The number of likely N-dealkylation sites (N-methyl/N-ethyl adjacent to an activating group) is 1. The molecule has 0 radical (unpaired) electrons. The number of hydrogen-bond donors (Lipinski definition) is 1. The number of aromatic nitrogens is 1. The van der Waals surface area contributed by atoms with Crippen LogP contribution in [0, 0.1) is 0 Å². The summed E-state index contributed by atoms with van der Waals surface area (Å²) in [6.07, 6.45) is 0. The lowest BCUT2D eigenvalue weighted by molar-refractivity contribution is -0.137. The van der Waals surface area contributed by atoms with Gasteiger partial charge in [-0.25, -0.2) is 4.98 Å². The SMILES string of the molecule is CN(CC(=O)O)C(=O)c1ncsc1Br. The lowest BCUT2D eigenvalue weighted by Gasteiger charge is -2.12. The van der Waals surface area contributed by atoms with Crippen LogP contribution in [0.2, 0.25) is 0 Å². The van der Waals surface area contributed by atoms with Gasteiger partial charge in [-0.2, -0.15) is 0 Å². The number of aliphatic carboxylic acids is 1. The van der Waals surface area contributed by atoms with Crippen LogP contribution in [0.3, 0.4) is 0 Å². The largest absolute Gasteiger partial charge is 0.480 e. The maximum absolute atomic E-state index is 11.5. The second kappa shape index (κ2) is 4.52. The monoisotopic (exact) mass is 278 g/mol. The molecule has 1 rings (SSSR count). The average Bonchev–Trinajstić information content (AvgIpc) is 2.48. The van der Waals surface area contributed by atoms with Crippen LogP contribution in [0.1, 0.15) is 10.5 Å². The van der Waals surface area contributed by atoms with Gasteiger partial charge < -0.3 is 10.0 Å². The molecule has 0 saturated carbocycles. The van der Waals surface area contributed by atoms with E-state index < -0.39 is 11.9 Å². The van der Waals surface area contributed by atoms with Gasteiger partial charge in [-0.15, -0.1) is 11.3 Å². The van der Waals surface area contributed by atoms with Crippen molar-refractivity contribution in [2.24, 2.45) is 0 Å². The summed E-state index contributed by atoms with van der Waals surface area (Å²) in [4.78, 5) is 26.8. The van der Waals surface area contributed by atoms with Crippen molar-refractivity contribution < 1.29 is 14.7 Å². The number of carbonyl (C=O) groups excluding carboxylic acids is 1. The number of hydrogen-bond acceptors (Lipinski definition) is 4. The summed E-state index contributed by atoms with van der Waals surface area (Å²) in [5, 5.41) is 8.48. The van der Waals surface area contributed by atoms with Gasteiger partial charge in [-0.3, -0.25) is 9.59 Å². The van der Waals surface area contributed by atoms with Crippen molar-refractivity contribution in [2.75, 3.05) is 13.6 Å². The van der Waals surface area contributed by atoms with E-state index in [2.05, 4.69) is 20.9 Å². The summed E-state index contributed by atoms with van der Waals surface area (Å²) >= 11 is 4.44. The first-order valence-corrected chi connectivity index (χ1v) is 5.26. The number of nitrogens with zero attached hydrogens (tertiary/aromatic N) is 2. The Bertz CT molecular complexity index is 366. The molecule has 0 aromatic carbocycles. The second-order valence-corrected chi connectivity index (χ2v) is 4.70. The molecule has 0 aliphatic carbocycles. The predicted octanol–water partition coefficient (Wildman–Crippen LogP) is 1.06. The van der Waals surface area contributed by atoms with Crippen LogP contribution in [0.5, 0.6) is 0 Å². The lowest BCUT2D eigenvalue weighted by Crippen LogP contribution is -2.32. The van der Waals surface area contributed by atoms with Crippen molar-refractivity contribution in [3.8, 4) is 0 Å². The average molecular weight is 279 g/mol. The molecule has 0 bridgehead atoms. The highest BCUT2D eigenvalue weighted by Crippen LogP contribution is 2.21. The zero-order chi connectivity index (χ0) is 10.7. The van der Waals surface area contributed by atoms with Crippen molar-refractivity contribution in [3.63, 3.8) is 0 Å². The van der Waals surface area contributed by atoms with E-state index in [1.54, 1.807) is 0 Å². The van der Waals surface area contributed by atoms with Gasteiger partial charge in [-0.1, -0.05) is 0 Å². The Morgan fingerprint density at radius 2 is 2.36 bits per heavy atom. The van der Waals surface area contributed by atoms with Crippen molar-refractivity contribution in [1.82, 2.24) is 9.88 Å². The van der Waals surface area contributed by atoms with Crippen molar-refractivity contribution in [2.45, 2.75) is 0 Å². The third-order valence-corrected chi connectivity index (χ3v) is 2.99. The van der Waals surface area contributed by atoms with E-state index in [-0.39, 0.29) is 12.2 Å². The van der Waals surface area contributed by atoms with E-state index >= 15 is 0 Å². The Kier molecular flexibility index (Phi) is 3.59. The van der Waals surface area contributed by atoms with Gasteiger partial charge in [0.05, 0.1) is 5.51 Å². The first-order valence-electron chi connectivity index (χ1n) is 3.58. The Hall–Kier alpha value is -0.950. The fraction of sp³-hybridized carbons (Fsp3) is 0.286. The van der Waals surface area contributed by atoms with E-state index in [0.29, 0.717) is 3.79 Å². The highest BCUT2D eigenvalue weighted by atomic mass is 79.9. The van der Waals surface area contributed by atoms with Crippen molar-refractivity contribution >= 4 is 39.1 Å². The molecule has 1 aromatic rings. The van der Waals surface area contributed by atoms with Crippen LogP contribution in [-0.2, 0) is 4.79 Å². The Labute approximate surface area is 92.5 Å². The van der Waals surface area contributed by atoms with Gasteiger partial charge in [0.2, 0.25) is 0 Å². The summed E-state index contributed by atoms with van der Waals surface area (Å²) in [6, 6.07) is 0. The number of carboxylic acids is 1. The number of rotatable bonds is 3. The molecular formula is C7H7BrN2O3S. The van der Waals surface area contributed by atoms with E-state index in [1.165, 1.54) is 23.9 Å². The summed E-state index contributed by atoms with van der Waals surface area (Å²) in [5.74, 6) is -1.45. The van der Waals surface area contributed by atoms with E-state index in [9.17, 15) is 9.59 Å². The molecule has 0 atom stereocenters. The fourth-order valence-corrected chi connectivity index (χ4v) is 1.85. The van der Waals surface area contributed by atoms with Crippen molar-refractivity contribution in [3.05, 3.63) is 15.0 Å². The number of carbonyl (C=O) groups is 2. The lowest BCUT2D eigenvalue weighted by atomic mass is 10.4. The third-order valence-electron chi connectivity index (χ3n) is 1.45. The molecule has 1 aromatic heterocycles. The molecule has 1 N–H and O–H groups in total. The molecule has 7 heteroatoms. The zero-order valence-corrected chi connectivity index (χ0v) is 9.63. The number of thiazole rings is 1. The molecule has 0 fully saturated rings. The van der Waals surface area contributed by atoms with Crippen LogP contribution in [0.4, 0.5) is 0 Å². The molecule has 0 unspecified atom stereocenters. The quantitative estimate of drug-likeness (QED) is 0.898. The minimum absolute atomic E-state index is 0.249. The Morgan fingerprint density at radius 1 is 1.71 bits per heavy atom. The van der Waals surface area contributed by atoms with Crippen LogP contribution in [0.25, 0.3) is 0 Å². The molecule has 0 aliphatic heterocycles. The van der Waals surface area contributed by atoms with E-state index in [0.717, 1.165) is 4.90 Å². The molecule has 0 saturated heterocycles. The predicted molar refractivity (Wildman–Crippen MR) is 54.4 cm³/mol. The standard InChI is InChI=1S/C7H7BrN2O3S/c1-10(2-4(11)12)7(13)5-6(8)14-3-9-5/h3H,2H2,1H3,(H,11,12). The molecule has 5 nitrogen and oxygen atoms in total. The number of halogens is 1. The summed E-state index contributed by atoms with van der Waals surface area (Å²) in [7, 11) is 1.42. The smallest absolute Gasteiger partial charge is 0.323 e. The minimum Gasteiger partial charge on any atom is -0.480 e. The van der Waals surface area contributed by atoms with Gasteiger partial charge in [0.1, 0.15) is 10.3 Å². The zero-order valence-electron chi connectivity index (χ0n) is 7.23. The Morgan fingerprint density at radius 3 is 2.79 bits per heavy atom.